The molecular weight excluding hydrogens is 162 g/mol. The molecule has 13 heavy (non-hydrogen) atoms. The number of hydrogen-bond donors (Lipinski definition) is 0. The number of carbonyl (C=O) groups is 1. The zero-order valence-corrected chi connectivity index (χ0v) is 8.01. The van der Waals surface area contributed by atoms with Gasteiger partial charge in [0.05, 0.1) is 17.0 Å². The molecule has 1 aliphatic rings. The number of aliphatic imine (C=N–C) groups is 1. The molecule has 0 fully saturated rings. The molecule has 0 atom stereocenters. The van der Waals surface area contributed by atoms with Crippen molar-refractivity contribution in [1.82, 2.24) is 0 Å². The van der Waals surface area contributed by atoms with Gasteiger partial charge in [0.1, 0.15) is 0 Å². The highest BCUT2D eigenvalue weighted by atomic mass is 16.1. The van der Waals surface area contributed by atoms with E-state index >= 15 is 0 Å². The van der Waals surface area contributed by atoms with Crippen molar-refractivity contribution in [3.8, 4) is 0 Å². The van der Waals surface area contributed by atoms with Crippen molar-refractivity contribution in [3.63, 3.8) is 0 Å². The van der Waals surface area contributed by atoms with E-state index in [9.17, 15) is 4.79 Å². The first kappa shape index (κ1) is 8.17. The molecule has 66 valence electrons. The molecule has 1 aromatic rings. The van der Waals surface area contributed by atoms with Gasteiger partial charge in [-0.05, 0) is 31.9 Å². The number of hydrogen-bond acceptors (Lipinski definition) is 2. The Balaban J connectivity index is 2.78. The molecule has 0 spiro atoms. The average molecular weight is 173 g/mol. The smallest absolute Gasteiger partial charge is 0.209 e. The average Bonchev–Trinajstić information content (AvgIpc) is 2.38. The van der Waals surface area contributed by atoms with E-state index in [2.05, 4.69) is 4.99 Å². The number of Topliss-reactive ketones (excluding diaryl/α,β-unsaturated/α-hetero) is 1. The summed E-state index contributed by atoms with van der Waals surface area (Å²) >= 11 is 0. The van der Waals surface area contributed by atoms with E-state index < -0.39 is 0 Å². The summed E-state index contributed by atoms with van der Waals surface area (Å²) in [6, 6.07) is 3.98. The summed E-state index contributed by atoms with van der Waals surface area (Å²) in [4.78, 5) is 15.9. The lowest BCUT2D eigenvalue weighted by atomic mass is 10.0. The highest BCUT2D eigenvalue weighted by Crippen LogP contribution is 2.32. The first-order chi connectivity index (χ1) is 6.11. The van der Waals surface area contributed by atoms with Gasteiger partial charge in [-0.3, -0.25) is 4.79 Å². The van der Waals surface area contributed by atoms with E-state index in [1.807, 2.05) is 26.0 Å². The van der Waals surface area contributed by atoms with Crippen LogP contribution in [0, 0.1) is 13.8 Å². The zero-order chi connectivity index (χ0) is 9.59. The van der Waals surface area contributed by atoms with E-state index in [1.165, 1.54) is 0 Å². The highest BCUT2D eigenvalue weighted by molar-refractivity contribution is 6.49. The van der Waals surface area contributed by atoms with Gasteiger partial charge in [-0.2, -0.15) is 0 Å². The van der Waals surface area contributed by atoms with Gasteiger partial charge in [-0.15, -0.1) is 0 Å². The summed E-state index contributed by atoms with van der Waals surface area (Å²) in [7, 11) is 0. The number of aryl methyl sites for hydroxylation is 2. The fraction of sp³-hybridized carbons (Fsp3) is 0.273. The lowest BCUT2D eigenvalue weighted by molar-refractivity contribution is 0.106. The third-order valence-electron chi connectivity index (χ3n) is 2.42. The minimum absolute atomic E-state index is 0.0798. The fourth-order valence-corrected chi connectivity index (χ4v) is 1.63. The van der Waals surface area contributed by atoms with Crippen LogP contribution in [0.5, 0.6) is 0 Å². The molecule has 0 saturated heterocycles. The van der Waals surface area contributed by atoms with Crippen LogP contribution in [0.2, 0.25) is 0 Å². The van der Waals surface area contributed by atoms with E-state index in [0.29, 0.717) is 5.71 Å². The maximum atomic E-state index is 11.6. The van der Waals surface area contributed by atoms with Crippen LogP contribution in [-0.2, 0) is 0 Å². The van der Waals surface area contributed by atoms with Crippen molar-refractivity contribution in [1.29, 1.82) is 0 Å². The van der Waals surface area contributed by atoms with Crippen LogP contribution >= 0.6 is 0 Å². The van der Waals surface area contributed by atoms with Crippen molar-refractivity contribution in [3.05, 3.63) is 28.8 Å². The summed E-state index contributed by atoms with van der Waals surface area (Å²) in [6.45, 7) is 5.69. The Hall–Kier alpha value is -1.44. The Morgan fingerprint density at radius 3 is 2.31 bits per heavy atom. The Morgan fingerprint density at radius 1 is 1.08 bits per heavy atom. The van der Waals surface area contributed by atoms with Crippen molar-refractivity contribution < 1.29 is 4.79 Å². The molecule has 0 unspecified atom stereocenters. The third-order valence-corrected chi connectivity index (χ3v) is 2.42. The van der Waals surface area contributed by atoms with Gasteiger partial charge < -0.3 is 0 Å². The molecule has 2 rings (SSSR count). The van der Waals surface area contributed by atoms with Crippen molar-refractivity contribution in [2.75, 3.05) is 0 Å². The monoisotopic (exact) mass is 173 g/mol. The molecule has 0 N–H and O–H groups in total. The quantitative estimate of drug-likeness (QED) is 0.593. The standard InChI is InChI=1S/C11H11NO/c1-6-4-5-7(2)10-9(6)11(13)8(3)12-10/h4-5H,1-3H3. The van der Waals surface area contributed by atoms with E-state index in [1.54, 1.807) is 6.92 Å². The number of carbonyl (C=O) groups excluding carboxylic acids is 1. The molecule has 2 nitrogen and oxygen atoms in total. The molecule has 0 aliphatic carbocycles. The van der Waals surface area contributed by atoms with Gasteiger partial charge in [0.2, 0.25) is 5.78 Å². The van der Waals surface area contributed by atoms with Gasteiger partial charge in [-0.1, -0.05) is 12.1 Å². The normalized spacial score (nSPS) is 14.4. The molecule has 0 amide bonds. The Bertz CT molecular complexity index is 430. The molecule has 1 aromatic carbocycles. The van der Waals surface area contributed by atoms with E-state index in [0.717, 1.165) is 22.4 Å². The van der Waals surface area contributed by atoms with Crippen LogP contribution in [0.1, 0.15) is 28.4 Å². The first-order valence-corrected chi connectivity index (χ1v) is 4.31. The van der Waals surface area contributed by atoms with Gasteiger partial charge in [0.25, 0.3) is 0 Å². The molecule has 0 aromatic heterocycles. The summed E-state index contributed by atoms with van der Waals surface area (Å²) in [5.41, 5.74) is 4.35. The predicted octanol–water partition coefficient (Wildman–Crippen LogP) is 2.59. The SMILES string of the molecule is CC1=Nc2c(C)ccc(C)c2C1=O. The van der Waals surface area contributed by atoms with Crippen LogP contribution in [0.4, 0.5) is 5.69 Å². The topological polar surface area (TPSA) is 29.4 Å². The van der Waals surface area contributed by atoms with Crippen LogP contribution in [-0.4, -0.2) is 11.5 Å². The number of ketones is 1. The number of rotatable bonds is 0. The van der Waals surface area contributed by atoms with Gasteiger partial charge >= 0.3 is 0 Å². The second-order valence-electron chi connectivity index (χ2n) is 3.45. The van der Waals surface area contributed by atoms with Gasteiger partial charge in [0, 0.05) is 0 Å². The fourth-order valence-electron chi connectivity index (χ4n) is 1.63. The minimum atomic E-state index is 0.0798. The van der Waals surface area contributed by atoms with Crippen LogP contribution in [0.3, 0.4) is 0 Å². The molecule has 0 saturated carbocycles. The first-order valence-electron chi connectivity index (χ1n) is 4.31. The summed E-state index contributed by atoms with van der Waals surface area (Å²) in [5, 5.41) is 0. The van der Waals surface area contributed by atoms with Gasteiger partial charge in [-0.25, -0.2) is 4.99 Å². The summed E-state index contributed by atoms with van der Waals surface area (Å²) in [5.74, 6) is 0.0798. The van der Waals surface area contributed by atoms with Crippen LogP contribution < -0.4 is 0 Å². The van der Waals surface area contributed by atoms with Crippen molar-refractivity contribution in [2.45, 2.75) is 20.8 Å². The maximum Gasteiger partial charge on any atom is 0.209 e. The molecule has 0 bridgehead atoms. The summed E-state index contributed by atoms with van der Waals surface area (Å²) < 4.78 is 0. The van der Waals surface area contributed by atoms with Crippen LogP contribution in [0.25, 0.3) is 0 Å². The second-order valence-corrected chi connectivity index (χ2v) is 3.45. The number of benzene rings is 1. The third kappa shape index (κ3) is 1.02. The minimum Gasteiger partial charge on any atom is -0.287 e. The lowest BCUT2D eigenvalue weighted by Crippen LogP contribution is -2.05. The number of fused-ring (bicyclic) bond motifs is 1. The Morgan fingerprint density at radius 2 is 1.69 bits per heavy atom. The summed E-state index contributed by atoms with van der Waals surface area (Å²) in [6.07, 6.45) is 0. The van der Waals surface area contributed by atoms with Gasteiger partial charge in [0.15, 0.2) is 0 Å². The van der Waals surface area contributed by atoms with Crippen molar-refractivity contribution in [2.24, 2.45) is 4.99 Å². The largest absolute Gasteiger partial charge is 0.287 e. The van der Waals surface area contributed by atoms with E-state index in [-0.39, 0.29) is 5.78 Å². The molecule has 2 heteroatoms. The Labute approximate surface area is 77.3 Å². The maximum absolute atomic E-state index is 11.6. The molecule has 1 aliphatic heterocycles. The lowest BCUT2D eigenvalue weighted by Gasteiger charge is -2.03. The van der Waals surface area contributed by atoms with Crippen LogP contribution in [0.15, 0.2) is 17.1 Å². The Kier molecular flexibility index (Phi) is 1.59. The highest BCUT2D eigenvalue weighted by Gasteiger charge is 2.24. The number of nitrogens with zero attached hydrogens (tertiary/aromatic N) is 1. The predicted molar refractivity (Wildman–Crippen MR) is 53.0 cm³/mol. The molecular formula is C11H11NO. The second kappa shape index (κ2) is 2.52. The molecule has 0 radical (unpaired) electrons. The van der Waals surface area contributed by atoms with E-state index in [4.69, 9.17) is 0 Å². The molecule has 1 heterocycles. The van der Waals surface area contributed by atoms with Crippen molar-refractivity contribution >= 4 is 17.2 Å². The zero-order valence-electron chi connectivity index (χ0n) is 8.01.